The van der Waals surface area contributed by atoms with E-state index in [1.807, 2.05) is 19.1 Å². The number of rotatable bonds is 4. The van der Waals surface area contributed by atoms with Gasteiger partial charge in [-0.3, -0.25) is 0 Å². The summed E-state index contributed by atoms with van der Waals surface area (Å²) in [6.07, 6.45) is 0.732. The van der Waals surface area contributed by atoms with Crippen LogP contribution in [-0.2, 0) is 17.9 Å². The number of nitrogens with two attached hydrogens (primary N) is 1. The number of aryl methyl sites for hydroxylation is 1. The van der Waals surface area contributed by atoms with E-state index in [1.165, 1.54) is 0 Å². The highest BCUT2D eigenvalue weighted by Crippen LogP contribution is 2.12. The summed E-state index contributed by atoms with van der Waals surface area (Å²) < 4.78 is 12.3. The Bertz CT molecular complexity index is 276. The molecule has 0 heterocycles. The summed E-state index contributed by atoms with van der Waals surface area (Å²) in [6.45, 7) is 2.04. The van der Waals surface area contributed by atoms with Crippen LogP contribution in [-0.4, -0.2) is 6.61 Å². The Hall–Kier alpha value is -0.930. The summed E-state index contributed by atoms with van der Waals surface area (Å²) in [7, 11) is 0. The average molecular weight is 183 g/mol. The van der Waals surface area contributed by atoms with Crippen molar-refractivity contribution in [3.63, 3.8) is 0 Å². The first kappa shape index (κ1) is 10.2. The van der Waals surface area contributed by atoms with Crippen LogP contribution in [0, 0.1) is 6.92 Å². The maximum atomic E-state index is 12.3. The number of benzene rings is 1. The van der Waals surface area contributed by atoms with E-state index in [4.69, 9.17) is 5.90 Å². The van der Waals surface area contributed by atoms with Gasteiger partial charge in [0.05, 0.1) is 6.61 Å². The van der Waals surface area contributed by atoms with Gasteiger partial charge in [0, 0.05) is 0 Å². The molecule has 1 aromatic rings. The quantitative estimate of drug-likeness (QED) is 0.723. The SMILES string of the molecule is Cc1ccc(CF)cc1CCON. The molecule has 0 fully saturated rings. The van der Waals surface area contributed by atoms with Crippen molar-refractivity contribution in [3.05, 3.63) is 34.9 Å². The van der Waals surface area contributed by atoms with Crippen LogP contribution in [0.15, 0.2) is 18.2 Å². The first-order valence-electron chi connectivity index (χ1n) is 4.24. The maximum absolute atomic E-state index is 12.3. The van der Waals surface area contributed by atoms with E-state index < -0.39 is 6.67 Å². The molecule has 0 aliphatic rings. The van der Waals surface area contributed by atoms with Crippen molar-refractivity contribution < 1.29 is 9.23 Å². The minimum atomic E-state index is -0.420. The molecule has 0 unspecified atom stereocenters. The van der Waals surface area contributed by atoms with Gasteiger partial charge in [-0.05, 0) is 30.0 Å². The van der Waals surface area contributed by atoms with Crippen LogP contribution in [0.4, 0.5) is 4.39 Å². The lowest BCUT2D eigenvalue weighted by Gasteiger charge is -2.06. The van der Waals surface area contributed by atoms with Gasteiger partial charge in [-0.25, -0.2) is 10.3 Å². The predicted molar refractivity (Wildman–Crippen MR) is 49.8 cm³/mol. The van der Waals surface area contributed by atoms with Crippen molar-refractivity contribution in [1.82, 2.24) is 0 Å². The zero-order valence-electron chi connectivity index (χ0n) is 7.72. The molecule has 2 nitrogen and oxygen atoms in total. The van der Waals surface area contributed by atoms with Gasteiger partial charge in [-0.1, -0.05) is 18.2 Å². The van der Waals surface area contributed by atoms with Crippen molar-refractivity contribution in [1.29, 1.82) is 0 Å². The van der Waals surface area contributed by atoms with Gasteiger partial charge >= 0.3 is 0 Å². The lowest BCUT2D eigenvalue weighted by Crippen LogP contribution is -2.05. The van der Waals surface area contributed by atoms with Crippen LogP contribution in [0.5, 0.6) is 0 Å². The van der Waals surface area contributed by atoms with Crippen LogP contribution >= 0.6 is 0 Å². The van der Waals surface area contributed by atoms with Crippen LogP contribution in [0.25, 0.3) is 0 Å². The zero-order valence-corrected chi connectivity index (χ0v) is 7.72. The van der Waals surface area contributed by atoms with E-state index in [1.54, 1.807) is 6.07 Å². The van der Waals surface area contributed by atoms with Gasteiger partial charge in [0.2, 0.25) is 0 Å². The Morgan fingerprint density at radius 2 is 2.23 bits per heavy atom. The molecular formula is C10H14FNO. The summed E-state index contributed by atoms with van der Waals surface area (Å²) in [5.74, 6) is 4.92. The van der Waals surface area contributed by atoms with Gasteiger partial charge in [0.15, 0.2) is 0 Å². The highest BCUT2D eigenvalue weighted by molar-refractivity contribution is 5.30. The van der Waals surface area contributed by atoms with E-state index in [-0.39, 0.29) is 0 Å². The van der Waals surface area contributed by atoms with Crippen LogP contribution < -0.4 is 5.90 Å². The third-order valence-corrected chi connectivity index (χ3v) is 2.06. The lowest BCUT2D eigenvalue weighted by molar-refractivity contribution is 0.141. The van der Waals surface area contributed by atoms with Gasteiger partial charge in [0.25, 0.3) is 0 Å². The van der Waals surface area contributed by atoms with E-state index in [0.717, 1.165) is 17.5 Å². The van der Waals surface area contributed by atoms with Crippen LogP contribution in [0.1, 0.15) is 16.7 Å². The minimum Gasteiger partial charge on any atom is -0.304 e. The van der Waals surface area contributed by atoms with E-state index in [9.17, 15) is 4.39 Å². The normalized spacial score (nSPS) is 10.4. The number of alkyl halides is 1. The molecule has 1 aromatic carbocycles. The van der Waals surface area contributed by atoms with E-state index in [0.29, 0.717) is 12.2 Å². The van der Waals surface area contributed by atoms with E-state index in [2.05, 4.69) is 4.84 Å². The summed E-state index contributed by atoms with van der Waals surface area (Å²) in [5.41, 5.74) is 2.95. The third kappa shape index (κ3) is 2.79. The second-order valence-corrected chi connectivity index (χ2v) is 3.02. The Morgan fingerprint density at radius 3 is 2.85 bits per heavy atom. The molecule has 0 spiro atoms. The monoisotopic (exact) mass is 183 g/mol. The van der Waals surface area contributed by atoms with Crippen LogP contribution in [0.2, 0.25) is 0 Å². The van der Waals surface area contributed by atoms with Gasteiger partial charge in [-0.15, -0.1) is 0 Å². The molecule has 3 heteroatoms. The maximum Gasteiger partial charge on any atom is 0.115 e. The van der Waals surface area contributed by atoms with Crippen molar-refractivity contribution in [2.75, 3.05) is 6.61 Å². The number of hydrogen-bond donors (Lipinski definition) is 1. The van der Waals surface area contributed by atoms with Crippen molar-refractivity contribution >= 4 is 0 Å². The summed E-state index contributed by atoms with van der Waals surface area (Å²) >= 11 is 0. The average Bonchev–Trinajstić information content (AvgIpc) is 2.17. The van der Waals surface area contributed by atoms with Crippen molar-refractivity contribution in [3.8, 4) is 0 Å². The molecule has 1 rings (SSSR count). The Kier molecular flexibility index (Phi) is 3.86. The second-order valence-electron chi connectivity index (χ2n) is 3.02. The molecule has 13 heavy (non-hydrogen) atoms. The molecule has 0 radical (unpaired) electrons. The molecule has 2 N–H and O–H groups in total. The zero-order chi connectivity index (χ0) is 9.68. The minimum absolute atomic E-state index is 0.420. The first-order chi connectivity index (χ1) is 6.27. The second kappa shape index (κ2) is 4.94. The Balaban J connectivity index is 2.78. The summed E-state index contributed by atoms with van der Waals surface area (Å²) in [4.78, 5) is 4.48. The molecule has 0 atom stereocenters. The summed E-state index contributed by atoms with van der Waals surface area (Å²) in [5, 5.41) is 0. The fraction of sp³-hybridized carbons (Fsp3) is 0.400. The molecule has 0 saturated heterocycles. The Morgan fingerprint density at radius 1 is 1.46 bits per heavy atom. The Labute approximate surface area is 77.5 Å². The van der Waals surface area contributed by atoms with Crippen LogP contribution in [0.3, 0.4) is 0 Å². The highest BCUT2D eigenvalue weighted by atomic mass is 19.1. The molecule has 0 saturated carbocycles. The highest BCUT2D eigenvalue weighted by Gasteiger charge is 2.00. The number of hydrogen-bond acceptors (Lipinski definition) is 2. The fourth-order valence-corrected chi connectivity index (χ4v) is 1.25. The van der Waals surface area contributed by atoms with Crippen molar-refractivity contribution in [2.24, 2.45) is 5.90 Å². The largest absolute Gasteiger partial charge is 0.304 e. The topological polar surface area (TPSA) is 35.2 Å². The van der Waals surface area contributed by atoms with Crippen molar-refractivity contribution in [2.45, 2.75) is 20.0 Å². The fourth-order valence-electron chi connectivity index (χ4n) is 1.25. The molecule has 0 bridgehead atoms. The predicted octanol–water partition coefficient (Wildman–Crippen LogP) is 1.90. The molecule has 0 aliphatic heterocycles. The standard InChI is InChI=1S/C10H14FNO/c1-8-2-3-9(7-11)6-10(8)4-5-13-12/h2-3,6H,4-5,7,12H2,1H3. The molecule has 0 aliphatic carbocycles. The number of halogens is 1. The first-order valence-corrected chi connectivity index (χ1v) is 4.24. The molecular weight excluding hydrogens is 169 g/mol. The van der Waals surface area contributed by atoms with Gasteiger partial charge < -0.3 is 4.84 Å². The molecule has 0 amide bonds. The van der Waals surface area contributed by atoms with E-state index >= 15 is 0 Å². The third-order valence-electron chi connectivity index (χ3n) is 2.06. The molecule has 0 aromatic heterocycles. The lowest BCUT2D eigenvalue weighted by atomic mass is 10.0. The smallest absolute Gasteiger partial charge is 0.115 e. The van der Waals surface area contributed by atoms with Gasteiger partial charge in [-0.2, -0.15) is 0 Å². The molecule has 72 valence electrons. The summed E-state index contributed by atoms with van der Waals surface area (Å²) in [6, 6.07) is 5.57. The van der Waals surface area contributed by atoms with Gasteiger partial charge in [0.1, 0.15) is 6.67 Å².